The number of nitrogens with one attached hydrogen (secondary N) is 1. The first-order valence-electron chi connectivity index (χ1n) is 6.80. The van der Waals surface area contributed by atoms with Gasteiger partial charge in [-0.1, -0.05) is 6.07 Å². The molecular weight excluding hydrogens is 292 g/mol. The Morgan fingerprint density at radius 2 is 2.25 bits per heavy atom. The smallest absolute Gasteiger partial charge is 0.202 e. The van der Waals surface area contributed by atoms with Crippen LogP contribution in [0.5, 0.6) is 0 Å². The molecule has 3 rings (SSSR count). The summed E-state index contributed by atoms with van der Waals surface area (Å²) in [6.45, 7) is 4.55. The molecular formula is C13H19N4OS2+. The summed E-state index contributed by atoms with van der Waals surface area (Å²) < 4.78 is 10.2. The van der Waals surface area contributed by atoms with E-state index in [4.69, 9.17) is 22.1 Å². The molecule has 2 aromatic heterocycles. The number of hydrogen-bond donors (Lipinski definition) is 1. The molecule has 1 saturated heterocycles. The van der Waals surface area contributed by atoms with E-state index in [0.717, 1.165) is 50.0 Å². The van der Waals surface area contributed by atoms with Gasteiger partial charge in [0.15, 0.2) is 6.67 Å². The van der Waals surface area contributed by atoms with Gasteiger partial charge in [-0.3, -0.25) is 0 Å². The Balaban J connectivity index is 1.76. The minimum atomic E-state index is 0.801. The summed E-state index contributed by atoms with van der Waals surface area (Å²) in [6.07, 6.45) is 0.850. The molecule has 5 nitrogen and oxygen atoms in total. The first-order chi connectivity index (χ1) is 9.74. The molecule has 7 heteroatoms. The van der Waals surface area contributed by atoms with E-state index in [-0.39, 0.29) is 0 Å². The zero-order valence-electron chi connectivity index (χ0n) is 11.5. The normalized spacial score (nSPS) is 16.6. The summed E-state index contributed by atoms with van der Waals surface area (Å²) in [5, 5.41) is 6.79. The van der Waals surface area contributed by atoms with E-state index >= 15 is 0 Å². The van der Waals surface area contributed by atoms with Crippen LogP contribution in [0.1, 0.15) is 10.7 Å². The lowest BCUT2D eigenvalue weighted by atomic mass is 10.3. The van der Waals surface area contributed by atoms with Gasteiger partial charge in [0.2, 0.25) is 4.77 Å². The SMILES string of the molecule is Cn1c(Cc2cccs2)nn(C[NH+]2CCOCC2)c1=S. The van der Waals surface area contributed by atoms with Crippen molar-refractivity contribution in [3.05, 3.63) is 33.0 Å². The van der Waals surface area contributed by atoms with Crippen molar-refractivity contribution in [2.24, 2.45) is 7.05 Å². The standard InChI is InChI=1S/C13H18N4OS2/c1-15-12(9-11-3-2-8-20-11)14-17(13(15)19)10-16-4-6-18-7-5-16/h2-3,8H,4-7,9-10H2,1H3/p+1. The van der Waals surface area contributed by atoms with Gasteiger partial charge in [-0.15, -0.1) is 11.3 Å². The lowest BCUT2D eigenvalue weighted by molar-refractivity contribution is -0.930. The number of rotatable bonds is 4. The molecule has 1 aliphatic heterocycles. The minimum Gasteiger partial charge on any atom is -0.370 e. The van der Waals surface area contributed by atoms with E-state index in [1.54, 1.807) is 11.3 Å². The van der Waals surface area contributed by atoms with Crippen molar-refractivity contribution < 1.29 is 9.64 Å². The molecule has 0 radical (unpaired) electrons. The van der Waals surface area contributed by atoms with Gasteiger partial charge in [-0.05, 0) is 23.7 Å². The first-order valence-corrected chi connectivity index (χ1v) is 8.09. The van der Waals surface area contributed by atoms with Gasteiger partial charge in [-0.2, -0.15) is 9.78 Å². The van der Waals surface area contributed by atoms with Crippen LogP contribution < -0.4 is 4.90 Å². The summed E-state index contributed by atoms with van der Waals surface area (Å²) in [5.41, 5.74) is 0. The Morgan fingerprint density at radius 3 is 2.95 bits per heavy atom. The lowest BCUT2D eigenvalue weighted by Gasteiger charge is -2.23. The summed E-state index contributed by atoms with van der Waals surface area (Å²) in [6, 6.07) is 4.21. The number of ether oxygens (including phenoxy) is 1. The first kappa shape index (κ1) is 13.9. The molecule has 0 saturated carbocycles. The van der Waals surface area contributed by atoms with E-state index in [0.29, 0.717) is 0 Å². The quantitative estimate of drug-likeness (QED) is 0.834. The topological polar surface area (TPSA) is 36.4 Å². The third-order valence-electron chi connectivity index (χ3n) is 3.62. The van der Waals surface area contributed by atoms with Gasteiger partial charge >= 0.3 is 0 Å². The van der Waals surface area contributed by atoms with Gasteiger partial charge in [0.05, 0.1) is 13.2 Å². The number of morpholine rings is 1. The van der Waals surface area contributed by atoms with Crippen LogP contribution in [0.25, 0.3) is 0 Å². The molecule has 108 valence electrons. The number of thiophene rings is 1. The van der Waals surface area contributed by atoms with Crippen molar-refractivity contribution in [2.75, 3.05) is 26.3 Å². The van der Waals surface area contributed by atoms with E-state index in [2.05, 4.69) is 17.5 Å². The second kappa shape index (κ2) is 6.17. The molecule has 1 N–H and O–H groups in total. The molecule has 0 atom stereocenters. The molecule has 0 unspecified atom stereocenters. The van der Waals surface area contributed by atoms with Crippen LogP contribution in [-0.4, -0.2) is 40.7 Å². The summed E-state index contributed by atoms with van der Waals surface area (Å²) in [4.78, 5) is 2.80. The van der Waals surface area contributed by atoms with E-state index in [1.165, 1.54) is 9.78 Å². The third kappa shape index (κ3) is 3.01. The van der Waals surface area contributed by atoms with Crippen molar-refractivity contribution in [3.63, 3.8) is 0 Å². The summed E-state index contributed by atoms with van der Waals surface area (Å²) in [7, 11) is 2.00. The predicted molar refractivity (Wildman–Crippen MR) is 80.7 cm³/mol. The molecule has 2 aromatic rings. The van der Waals surface area contributed by atoms with Crippen molar-refractivity contribution in [3.8, 4) is 0 Å². The lowest BCUT2D eigenvalue weighted by Crippen LogP contribution is -3.13. The van der Waals surface area contributed by atoms with E-state index in [1.807, 2.05) is 16.3 Å². The molecule has 0 spiro atoms. The maximum absolute atomic E-state index is 5.50. The third-order valence-corrected chi connectivity index (χ3v) is 4.98. The average Bonchev–Trinajstić information content (AvgIpc) is 3.06. The zero-order valence-corrected chi connectivity index (χ0v) is 13.2. The highest BCUT2D eigenvalue weighted by Gasteiger charge is 2.17. The highest BCUT2D eigenvalue weighted by atomic mass is 32.1. The van der Waals surface area contributed by atoms with Crippen molar-refractivity contribution in [1.29, 1.82) is 0 Å². The fourth-order valence-electron chi connectivity index (χ4n) is 2.39. The molecule has 3 heterocycles. The molecule has 1 aliphatic rings. The Hall–Kier alpha value is -1.02. The second-order valence-electron chi connectivity index (χ2n) is 5.03. The van der Waals surface area contributed by atoms with Crippen LogP contribution in [0.4, 0.5) is 0 Å². The Bertz CT molecular complexity index is 611. The average molecular weight is 311 g/mol. The van der Waals surface area contributed by atoms with Gasteiger partial charge in [0.1, 0.15) is 18.9 Å². The fourth-order valence-corrected chi connectivity index (χ4v) is 3.30. The van der Waals surface area contributed by atoms with E-state index in [9.17, 15) is 0 Å². The van der Waals surface area contributed by atoms with Gasteiger partial charge < -0.3 is 14.2 Å². The Labute approximate surface area is 127 Å². The molecule has 1 fully saturated rings. The predicted octanol–water partition coefficient (Wildman–Crippen LogP) is 0.476. The summed E-state index contributed by atoms with van der Waals surface area (Å²) >= 11 is 7.26. The Morgan fingerprint density at radius 1 is 1.45 bits per heavy atom. The van der Waals surface area contributed by atoms with Crippen LogP contribution in [-0.2, 0) is 24.9 Å². The molecule has 0 aliphatic carbocycles. The molecule has 20 heavy (non-hydrogen) atoms. The maximum atomic E-state index is 5.50. The maximum Gasteiger partial charge on any atom is 0.202 e. The fraction of sp³-hybridized carbons (Fsp3) is 0.538. The Kier molecular flexibility index (Phi) is 4.30. The number of nitrogens with zero attached hydrogens (tertiary/aromatic N) is 3. The summed E-state index contributed by atoms with van der Waals surface area (Å²) in [5.74, 6) is 1.03. The second-order valence-corrected chi connectivity index (χ2v) is 6.43. The largest absolute Gasteiger partial charge is 0.370 e. The number of quaternary nitrogens is 1. The van der Waals surface area contributed by atoms with Crippen LogP contribution in [0.3, 0.4) is 0 Å². The van der Waals surface area contributed by atoms with Gasteiger partial charge in [0.25, 0.3) is 0 Å². The van der Waals surface area contributed by atoms with Crippen LogP contribution in [0.2, 0.25) is 0 Å². The number of aromatic nitrogens is 3. The minimum absolute atomic E-state index is 0.801. The van der Waals surface area contributed by atoms with Gasteiger partial charge in [-0.25, -0.2) is 0 Å². The van der Waals surface area contributed by atoms with Gasteiger partial charge in [0, 0.05) is 18.3 Å². The zero-order chi connectivity index (χ0) is 13.9. The molecule has 0 bridgehead atoms. The van der Waals surface area contributed by atoms with Crippen LogP contribution in [0, 0.1) is 4.77 Å². The van der Waals surface area contributed by atoms with E-state index < -0.39 is 0 Å². The van der Waals surface area contributed by atoms with Crippen molar-refractivity contribution in [2.45, 2.75) is 13.1 Å². The van der Waals surface area contributed by atoms with Crippen molar-refractivity contribution >= 4 is 23.6 Å². The molecule has 0 aromatic carbocycles. The highest BCUT2D eigenvalue weighted by Crippen LogP contribution is 2.13. The van der Waals surface area contributed by atoms with Crippen LogP contribution >= 0.6 is 23.6 Å². The monoisotopic (exact) mass is 311 g/mol. The number of hydrogen-bond acceptors (Lipinski definition) is 4. The van der Waals surface area contributed by atoms with Crippen molar-refractivity contribution in [1.82, 2.24) is 14.3 Å². The van der Waals surface area contributed by atoms with Crippen LogP contribution in [0.15, 0.2) is 17.5 Å². The highest BCUT2D eigenvalue weighted by molar-refractivity contribution is 7.71. The molecule has 0 amide bonds.